The van der Waals surface area contributed by atoms with E-state index < -0.39 is 0 Å². The van der Waals surface area contributed by atoms with Crippen LogP contribution in [0, 0.1) is 5.21 Å². The number of amides is 1. The fraction of sp³-hybridized carbons (Fsp3) is 0.333. The average molecular weight is 316 g/mol. The monoisotopic (exact) mass is 316 g/mol. The van der Waals surface area contributed by atoms with Gasteiger partial charge in [0.25, 0.3) is 17.7 Å². The summed E-state index contributed by atoms with van der Waals surface area (Å²) in [5.74, 6) is 0.437. The Balaban J connectivity index is 1.65. The lowest BCUT2D eigenvalue weighted by molar-refractivity contribution is -0.605. The first kappa shape index (κ1) is 15.0. The molecular formula is C15H16N4O4. The number of carbonyl (C=O) groups is 1. The number of likely N-dealkylation sites (tertiary alicyclic amines) is 1. The first-order chi connectivity index (χ1) is 11.2. The van der Waals surface area contributed by atoms with Gasteiger partial charge in [-0.3, -0.25) is 4.79 Å². The van der Waals surface area contributed by atoms with Gasteiger partial charge in [0.05, 0.1) is 13.7 Å². The molecule has 1 saturated heterocycles. The standard InChI is InChI=1S/C15H16N4O4/c1-22-13-14(17-6-5-16-13)23-12-4-8-18(10-12)15(20)11-3-2-7-19(21)9-11/h2-3,5-7,9,12H,4,8,10H2,1H3. The van der Waals surface area contributed by atoms with E-state index in [4.69, 9.17) is 9.47 Å². The van der Waals surface area contributed by atoms with E-state index in [1.165, 1.54) is 31.9 Å². The highest BCUT2D eigenvalue weighted by Gasteiger charge is 2.30. The molecule has 8 heteroatoms. The van der Waals surface area contributed by atoms with Crippen molar-refractivity contribution in [1.29, 1.82) is 0 Å². The number of hydrogen-bond acceptors (Lipinski definition) is 6. The van der Waals surface area contributed by atoms with Gasteiger partial charge in [-0.25, -0.2) is 9.97 Å². The quantitative estimate of drug-likeness (QED) is 0.599. The van der Waals surface area contributed by atoms with Gasteiger partial charge in [-0.2, -0.15) is 4.73 Å². The SMILES string of the molecule is COc1nccnc1OC1CCN(C(=O)c2ccc[n+]([O-])c2)C1. The molecule has 120 valence electrons. The summed E-state index contributed by atoms with van der Waals surface area (Å²) in [6.45, 7) is 0.978. The second kappa shape index (κ2) is 6.47. The molecule has 23 heavy (non-hydrogen) atoms. The van der Waals surface area contributed by atoms with Crippen LogP contribution >= 0.6 is 0 Å². The van der Waals surface area contributed by atoms with Crippen LogP contribution in [0.1, 0.15) is 16.8 Å². The third kappa shape index (κ3) is 3.31. The summed E-state index contributed by atoms with van der Waals surface area (Å²) in [6.07, 6.45) is 6.13. The minimum Gasteiger partial charge on any atom is -0.619 e. The second-order valence-electron chi connectivity index (χ2n) is 5.10. The summed E-state index contributed by atoms with van der Waals surface area (Å²) in [5.41, 5.74) is 0.361. The average Bonchev–Trinajstić information content (AvgIpc) is 3.03. The van der Waals surface area contributed by atoms with E-state index in [1.54, 1.807) is 17.0 Å². The summed E-state index contributed by atoms with van der Waals surface area (Å²) in [6, 6.07) is 3.17. The third-order valence-corrected chi connectivity index (χ3v) is 3.56. The molecule has 0 aliphatic carbocycles. The first-order valence-corrected chi connectivity index (χ1v) is 7.17. The van der Waals surface area contributed by atoms with Crippen LogP contribution in [-0.2, 0) is 0 Å². The lowest BCUT2D eigenvalue weighted by Gasteiger charge is -2.17. The Bertz CT molecular complexity index is 709. The number of ether oxygens (including phenoxy) is 2. The molecule has 8 nitrogen and oxygen atoms in total. The predicted molar refractivity (Wildman–Crippen MR) is 78.9 cm³/mol. The van der Waals surface area contributed by atoms with Crippen molar-refractivity contribution in [2.24, 2.45) is 0 Å². The molecule has 0 spiro atoms. The summed E-state index contributed by atoms with van der Waals surface area (Å²) < 4.78 is 11.5. The summed E-state index contributed by atoms with van der Waals surface area (Å²) >= 11 is 0. The Labute approximate surface area is 132 Å². The van der Waals surface area contributed by atoms with E-state index in [1.807, 2.05) is 0 Å². The molecule has 3 heterocycles. The second-order valence-corrected chi connectivity index (χ2v) is 5.10. The number of pyridine rings is 1. The van der Waals surface area contributed by atoms with Crippen molar-refractivity contribution in [1.82, 2.24) is 14.9 Å². The zero-order valence-corrected chi connectivity index (χ0v) is 12.6. The highest BCUT2D eigenvalue weighted by Crippen LogP contribution is 2.24. The van der Waals surface area contributed by atoms with Crippen molar-refractivity contribution < 1.29 is 19.0 Å². The first-order valence-electron chi connectivity index (χ1n) is 7.17. The summed E-state index contributed by atoms with van der Waals surface area (Å²) in [5, 5.41) is 11.3. The van der Waals surface area contributed by atoms with Crippen molar-refractivity contribution in [2.75, 3.05) is 20.2 Å². The number of hydrogen-bond donors (Lipinski definition) is 0. The Morgan fingerprint density at radius 2 is 2.17 bits per heavy atom. The van der Waals surface area contributed by atoms with Gasteiger partial charge in [-0.1, -0.05) is 0 Å². The number of carbonyl (C=O) groups excluding carboxylic acids is 1. The Hall–Kier alpha value is -2.90. The number of rotatable bonds is 4. The number of methoxy groups -OCH3 is 1. The minimum absolute atomic E-state index is 0.187. The van der Waals surface area contributed by atoms with Gasteiger partial charge in [-0.05, 0) is 6.07 Å². The van der Waals surface area contributed by atoms with Crippen LogP contribution in [0.25, 0.3) is 0 Å². The van der Waals surface area contributed by atoms with Crippen molar-refractivity contribution in [3.8, 4) is 11.8 Å². The van der Waals surface area contributed by atoms with Gasteiger partial charge in [0.15, 0.2) is 12.4 Å². The molecule has 1 aliphatic heterocycles. The Morgan fingerprint density at radius 3 is 2.91 bits per heavy atom. The Kier molecular flexibility index (Phi) is 4.22. The summed E-state index contributed by atoms with van der Waals surface area (Å²) in [7, 11) is 1.49. The topological polar surface area (TPSA) is 91.5 Å². The molecule has 1 fully saturated rings. The molecule has 2 aromatic heterocycles. The molecule has 3 rings (SSSR count). The fourth-order valence-electron chi connectivity index (χ4n) is 2.46. The molecule has 0 radical (unpaired) electrons. The number of nitrogens with zero attached hydrogens (tertiary/aromatic N) is 4. The van der Waals surface area contributed by atoms with Gasteiger partial charge in [-0.15, -0.1) is 0 Å². The maximum absolute atomic E-state index is 12.4. The van der Waals surface area contributed by atoms with Crippen molar-refractivity contribution in [3.05, 3.63) is 47.7 Å². The lowest BCUT2D eigenvalue weighted by atomic mass is 10.2. The minimum atomic E-state index is -0.188. The molecule has 0 saturated carbocycles. The van der Waals surface area contributed by atoms with Gasteiger partial charge >= 0.3 is 0 Å². The van der Waals surface area contributed by atoms with Crippen LogP contribution in [-0.4, -0.2) is 47.1 Å². The largest absolute Gasteiger partial charge is 0.619 e. The molecule has 1 amide bonds. The molecule has 0 N–H and O–H groups in total. The van der Waals surface area contributed by atoms with E-state index in [-0.39, 0.29) is 12.0 Å². The maximum Gasteiger partial charge on any atom is 0.278 e. The highest BCUT2D eigenvalue weighted by molar-refractivity contribution is 5.93. The Morgan fingerprint density at radius 1 is 1.39 bits per heavy atom. The van der Waals surface area contributed by atoms with Crippen LogP contribution in [0.15, 0.2) is 36.9 Å². The van der Waals surface area contributed by atoms with Crippen LogP contribution in [0.4, 0.5) is 0 Å². The lowest BCUT2D eigenvalue weighted by Crippen LogP contribution is -2.33. The number of aromatic nitrogens is 3. The maximum atomic E-state index is 12.4. The fourth-order valence-corrected chi connectivity index (χ4v) is 2.46. The van der Waals surface area contributed by atoms with E-state index >= 15 is 0 Å². The van der Waals surface area contributed by atoms with Gasteiger partial charge < -0.3 is 19.6 Å². The van der Waals surface area contributed by atoms with Crippen LogP contribution < -0.4 is 14.2 Å². The molecule has 1 unspecified atom stereocenters. The van der Waals surface area contributed by atoms with Crippen molar-refractivity contribution >= 4 is 5.91 Å². The van der Waals surface area contributed by atoms with Crippen LogP contribution in [0.2, 0.25) is 0 Å². The zero-order valence-electron chi connectivity index (χ0n) is 12.6. The van der Waals surface area contributed by atoms with E-state index in [0.29, 0.717) is 41.6 Å². The van der Waals surface area contributed by atoms with Crippen LogP contribution in [0.3, 0.4) is 0 Å². The normalized spacial score (nSPS) is 17.1. The van der Waals surface area contributed by atoms with E-state index in [9.17, 15) is 10.0 Å². The van der Waals surface area contributed by atoms with E-state index in [0.717, 1.165) is 0 Å². The predicted octanol–water partition coefficient (Wildman–Crippen LogP) is 0.412. The smallest absolute Gasteiger partial charge is 0.278 e. The molecule has 0 aromatic carbocycles. The van der Waals surface area contributed by atoms with Gasteiger partial charge in [0.2, 0.25) is 0 Å². The molecule has 1 aliphatic rings. The molecular weight excluding hydrogens is 300 g/mol. The van der Waals surface area contributed by atoms with Crippen molar-refractivity contribution in [3.63, 3.8) is 0 Å². The van der Waals surface area contributed by atoms with E-state index in [2.05, 4.69) is 9.97 Å². The molecule has 2 aromatic rings. The zero-order chi connectivity index (χ0) is 16.2. The van der Waals surface area contributed by atoms with Gasteiger partial charge in [0, 0.05) is 31.4 Å². The van der Waals surface area contributed by atoms with Crippen LogP contribution in [0.5, 0.6) is 11.8 Å². The summed E-state index contributed by atoms with van der Waals surface area (Å²) in [4.78, 5) is 22.2. The highest BCUT2D eigenvalue weighted by atomic mass is 16.5. The molecule has 1 atom stereocenters. The molecule has 0 bridgehead atoms. The van der Waals surface area contributed by atoms with Gasteiger partial charge in [0.1, 0.15) is 11.7 Å². The van der Waals surface area contributed by atoms with Crippen molar-refractivity contribution in [2.45, 2.75) is 12.5 Å². The third-order valence-electron chi connectivity index (χ3n) is 3.56.